The van der Waals surface area contributed by atoms with E-state index in [1.807, 2.05) is 18.2 Å². The zero-order valence-corrected chi connectivity index (χ0v) is 16.8. The largest absolute Gasteiger partial charge is 0.493 e. The van der Waals surface area contributed by atoms with Crippen LogP contribution in [0.1, 0.15) is 18.4 Å². The summed E-state index contributed by atoms with van der Waals surface area (Å²) in [4.78, 5) is 22.7. The van der Waals surface area contributed by atoms with Gasteiger partial charge in [0.15, 0.2) is 11.5 Å². The molecule has 1 aromatic heterocycles. The fourth-order valence-corrected chi connectivity index (χ4v) is 3.16. The van der Waals surface area contributed by atoms with Crippen molar-refractivity contribution in [3.8, 4) is 23.3 Å². The molecule has 29 heavy (non-hydrogen) atoms. The highest BCUT2D eigenvalue weighted by Crippen LogP contribution is 2.28. The van der Waals surface area contributed by atoms with Crippen LogP contribution in [0.25, 0.3) is 6.08 Å². The molecule has 1 atom stereocenters. The van der Waals surface area contributed by atoms with Gasteiger partial charge in [-0.1, -0.05) is 6.07 Å². The molecule has 0 radical (unpaired) electrons. The average molecular weight is 399 g/mol. The van der Waals surface area contributed by atoms with Gasteiger partial charge in [0.05, 0.1) is 27.9 Å². The summed E-state index contributed by atoms with van der Waals surface area (Å²) in [6.45, 7) is 1.17. The molecule has 1 unspecified atom stereocenters. The Labute approximate surface area is 170 Å². The number of amides is 1. The number of rotatable bonds is 7. The van der Waals surface area contributed by atoms with Crippen LogP contribution in [0.4, 0.5) is 0 Å². The van der Waals surface area contributed by atoms with Crippen molar-refractivity contribution in [3.05, 3.63) is 42.2 Å². The summed E-state index contributed by atoms with van der Waals surface area (Å²) in [7, 11) is 4.69. The highest BCUT2D eigenvalue weighted by atomic mass is 16.5. The van der Waals surface area contributed by atoms with Crippen molar-refractivity contribution in [1.82, 2.24) is 14.9 Å². The van der Waals surface area contributed by atoms with Gasteiger partial charge in [-0.3, -0.25) is 4.79 Å². The van der Waals surface area contributed by atoms with E-state index < -0.39 is 0 Å². The lowest BCUT2D eigenvalue weighted by Crippen LogP contribution is -2.43. The van der Waals surface area contributed by atoms with Crippen molar-refractivity contribution in [2.75, 3.05) is 34.4 Å². The van der Waals surface area contributed by atoms with Crippen LogP contribution in [-0.4, -0.2) is 61.3 Å². The van der Waals surface area contributed by atoms with E-state index in [-0.39, 0.29) is 12.0 Å². The Morgan fingerprint density at radius 1 is 1.07 bits per heavy atom. The summed E-state index contributed by atoms with van der Waals surface area (Å²) in [6.07, 6.45) is 7.95. The monoisotopic (exact) mass is 399 g/mol. The maximum Gasteiger partial charge on any atom is 0.278 e. The standard InChI is InChI=1S/C21H25N3O5/c1-26-17-8-6-15(13-18(17)27-2)7-9-19(25)24-12-4-5-16(14-24)29-21-20(28-3)22-10-11-23-21/h6-11,13,16H,4-5,12,14H2,1-3H3/b9-7+. The number of piperidine rings is 1. The van der Waals surface area contributed by atoms with E-state index in [1.165, 1.54) is 7.11 Å². The van der Waals surface area contributed by atoms with E-state index in [4.69, 9.17) is 18.9 Å². The molecule has 0 aliphatic carbocycles. The third kappa shape index (κ3) is 5.16. The summed E-state index contributed by atoms with van der Waals surface area (Å²) in [5, 5.41) is 0. The second-order valence-electron chi connectivity index (χ2n) is 6.48. The lowest BCUT2D eigenvalue weighted by atomic mass is 10.1. The summed E-state index contributed by atoms with van der Waals surface area (Å²) < 4.78 is 21.6. The van der Waals surface area contributed by atoms with Crippen molar-refractivity contribution < 1.29 is 23.7 Å². The van der Waals surface area contributed by atoms with Crippen molar-refractivity contribution in [1.29, 1.82) is 0 Å². The van der Waals surface area contributed by atoms with Crippen LogP contribution >= 0.6 is 0 Å². The van der Waals surface area contributed by atoms with E-state index in [1.54, 1.807) is 43.7 Å². The zero-order valence-electron chi connectivity index (χ0n) is 16.8. The average Bonchev–Trinajstić information content (AvgIpc) is 2.77. The first-order chi connectivity index (χ1) is 14.1. The van der Waals surface area contributed by atoms with Gasteiger partial charge in [-0.05, 0) is 36.6 Å². The molecule has 0 N–H and O–H groups in total. The number of carbonyl (C=O) groups excluding carboxylic acids is 1. The van der Waals surface area contributed by atoms with Gasteiger partial charge in [0.1, 0.15) is 6.10 Å². The number of methoxy groups -OCH3 is 3. The smallest absolute Gasteiger partial charge is 0.278 e. The van der Waals surface area contributed by atoms with Crippen molar-refractivity contribution in [2.45, 2.75) is 18.9 Å². The van der Waals surface area contributed by atoms with Crippen LogP contribution in [-0.2, 0) is 4.79 Å². The zero-order chi connectivity index (χ0) is 20.6. The molecule has 0 spiro atoms. The SMILES string of the molecule is COc1ccc(/C=C/C(=O)N2CCCC(Oc3nccnc3OC)C2)cc1OC. The highest BCUT2D eigenvalue weighted by molar-refractivity contribution is 5.92. The molecule has 1 aliphatic rings. The lowest BCUT2D eigenvalue weighted by molar-refractivity contribution is -0.128. The van der Waals surface area contributed by atoms with Gasteiger partial charge >= 0.3 is 0 Å². The number of ether oxygens (including phenoxy) is 4. The quantitative estimate of drug-likeness (QED) is 0.662. The van der Waals surface area contributed by atoms with Gasteiger partial charge in [-0.15, -0.1) is 0 Å². The number of likely N-dealkylation sites (tertiary alicyclic amines) is 1. The fraction of sp³-hybridized carbons (Fsp3) is 0.381. The first-order valence-electron chi connectivity index (χ1n) is 9.35. The normalized spacial score (nSPS) is 16.5. The predicted molar refractivity (Wildman–Crippen MR) is 107 cm³/mol. The van der Waals surface area contributed by atoms with Crippen LogP contribution in [0.15, 0.2) is 36.7 Å². The van der Waals surface area contributed by atoms with E-state index in [0.717, 1.165) is 18.4 Å². The van der Waals surface area contributed by atoms with Gasteiger partial charge in [-0.2, -0.15) is 0 Å². The van der Waals surface area contributed by atoms with Crippen molar-refractivity contribution in [3.63, 3.8) is 0 Å². The van der Waals surface area contributed by atoms with Crippen LogP contribution < -0.4 is 18.9 Å². The maximum absolute atomic E-state index is 12.6. The van der Waals surface area contributed by atoms with Crippen LogP contribution in [0, 0.1) is 0 Å². The number of hydrogen-bond donors (Lipinski definition) is 0. The molecule has 0 bridgehead atoms. The third-order valence-electron chi connectivity index (χ3n) is 4.62. The molecule has 3 rings (SSSR count). The van der Waals surface area contributed by atoms with Crippen LogP contribution in [0.5, 0.6) is 23.3 Å². The number of carbonyl (C=O) groups is 1. The van der Waals surface area contributed by atoms with Gasteiger partial charge < -0.3 is 23.8 Å². The van der Waals surface area contributed by atoms with Gasteiger partial charge in [-0.25, -0.2) is 9.97 Å². The molecule has 1 aromatic carbocycles. The second kappa shape index (κ2) is 9.77. The van der Waals surface area contributed by atoms with E-state index in [2.05, 4.69) is 9.97 Å². The maximum atomic E-state index is 12.6. The first-order valence-corrected chi connectivity index (χ1v) is 9.35. The molecule has 8 heteroatoms. The Hall–Kier alpha value is -3.29. The lowest BCUT2D eigenvalue weighted by Gasteiger charge is -2.32. The van der Waals surface area contributed by atoms with Crippen LogP contribution in [0.2, 0.25) is 0 Å². The Morgan fingerprint density at radius 2 is 1.83 bits per heavy atom. The highest BCUT2D eigenvalue weighted by Gasteiger charge is 2.25. The third-order valence-corrected chi connectivity index (χ3v) is 4.62. The Kier molecular flexibility index (Phi) is 6.89. The van der Waals surface area contributed by atoms with E-state index in [9.17, 15) is 4.79 Å². The number of benzene rings is 1. The van der Waals surface area contributed by atoms with Gasteiger partial charge in [0.25, 0.3) is 11.8 Å². The molecule has 1 fully saturated rings. The van der Waals surface area contributed by atoms with Crippen LogP contribution in [0.3, 0.4) is 0 Å². The van der Waals surface area contributed by atoms with Crippen molar-refractivity contribution >= 4 is 12.0 Å². The summed E-state index contributed by atoms with van der Waals surface area (Å²) in [5.74, 6) is 1.87. The molecule has 1 aliphatic heterocycles. The Bertz CT molecular complexity index is 871. The molecule has 8 nitrogen and oxygen atoms in total. The molecular weight excluding hydrogens is 374 g/mol. The number of aromatic nitrogens is 2. The molecule has 2 aromatic rings. The number of nitrogens with zero attached hydrogens (tertiary/aromatic N) is 3. The summed E-state index contributed by atoms with van der Waals surface area (Å²) in [6, 6.07) is 5.50. The topological polar surface area (TPSA) is 83.0 Å². The van der Waals surface area contributed by atoms with E-state index in [0.29, 0.717) is 36.3 Å². The van der Waals surface area contributed by atoms with Gasteiger partial charge in [0.2, 0.25) is 5.91 Å². The Balaban J connectivity index is 1.63. The molecule has 154 valence electrons. The number of hydrogen-bond acceptors (Lipinski definition) is 7. The minimum atomic E-state index is -0.159. The fourth-order valence-electron chi connectivity index (χ4n) is 3.16. The molecular formula is C21H25N3O5. The first kappa shape index (κ1) is 20.4. The summed E-state index contributed by atoms with van der Waals surface area (Å²) in [5.41, 5.74) is 0.852. The minimum Gasteiger partial charge on any atom is -0.493 e. The molecule has 2 heterocycles. The minimum absolute atomic E-state index is 0.0702. The van der Waals surface area contributed by atoms with Crippen molar-refractivity contribution in [2.24, 2.45) is 0 Å². The second-order valence-corrected chi connectivity index (χ2v) is 6.48. The van der Waals surface area contributed by atoms with E-state index >= 15 is 0 Å². The molecule has 0 saturated carbocycles. The van der Waals surface area contributed by atoms with Gasteiger partial charge in [0, 0.05) is 25.0 Å². The predicted octanol–water partition coefficient (Wildman–Crippen LogP) is 2.59. The molecule has 1 saturated heterocycles. The summed E-state index contributed by atoms with van der Waals surface area (Å²) >= 11 is 0. The molecule has 1 amide bonds. The Morgan fingerprint density at radius 3 is 2.55 bits per heavy atom.